The highest BCUT2D eigenvalue weighted by molar-refractivity contribution is 8.00. The van der Waals surface area contributed by atoms with E-state index in [2.05, 4.69) is 124 Å². The van der Waals surface area contributed by atoms with Crippen LogP contribution < -0.4 is 0 Å². The highest BCUT2D eigenvalue weighted by Crippen LogP contribution is 2.52. The number of hydrogen-bond donors (Lipinski definition) is 0. The second-order valence-electron chi connectivity index (χ2n) is 14.3. The molecule has 0 N–H and O–H groups in total. The Morgan fingerprint density at radius 1 is 0.581 bits per heavy atom. The molecule has 2 atom stereocenters. The van der Waals surface area contributed by atoms with Gasteiger partial charge in [-0.05, 0) is 77.8 Å². The van der Waals surface area contributed by atoms with Gasteiger partial charge in [-0.2, -0.15) is 0 Å². The fourth-order valence-corrected chi connectivity index (χ4v) is 12.1. The van der Waals surface area contributed by atoms with Crippen molar-refractivity contribution < 1.29 is 0 Å². The van der Waals surface area contributed by atoms with E-state index >= 15 is 0 Å². The van der Waals surface area contributed by atoms with E-state index in [1.54, 1.807) is 14.6 Å². The number of thiophene rings is 3. The Morgan fingerprint density at radius 3 is 1.79 bits per heavy atom. The molecule has 0 radical (unpaired) electrons. The third kappa shape index (κ3) is 7.40. The summed E-state index contributed by atoms with van der Waals surface area (Å²) in [5.41, 5.74) is 1.53. The number of benzene rings is 2. The Morgan fingerprint density at radius 2 is 1.16 bits per heavy atom. The molecule has 4 heterocycles. The molecular formula is C39H50S4. The zero-order chi connectivity index (χ0) is 30.1. The Kier molecular flexibility index (Phi) is 10.3. The lowest BCUT2D eigenvalue weighted by Gasteiger charge is -2.16. The molecule has 0 saturated heterocycles. The standard InChI is InChI=1S/C39H50S4/c1-24(2)9-7-11-26(5)13-18-31-21-28-15-16-30-23-34-38(43-36(30)35(28)40-31)33-20-17-29-22-32(41-37(29)39(33)42-34)19-14-27(6)12-8-10-25(3)4/h15-17,20-22,24-27H,7-14,18-19,23H2,1-6H3. The number of rotatable bonds is 14. The molecule has 2 unspecified atom stereocenters. The molecule has 4 heteroatoms. The van der Waals surface area contributed by atoms with Crippen LogP contribution in [0.1, 0.15) is 113 Å². The number of hydrogen-bond acceptors (Lipinski definition) is 4. The monoisotopic (exact) mass is 646 g/mol. The van der Waals surface area contributed by atoms with Gasteiger partial charge in [0.1, 0.15) is 0 Å². The second-order valence-corrected chi connectivity index (χ2v) is 18.7. The minimum absolute atomic E-state index is 0.819. The van der Waals surface area contributed by atoms with Gasteiger partial charge < -0.3 is 0 Å². The lowest BCUT2D eigenvalue weighted by molar-refractivity contribution is 0.437. The number of fused-ring (bicyclic) bond motifs is 8. The quantitative estimate of drug-likeness (QED) is 0.113. The lowest BCUT2D eigenvalue weighted by Crippen LogP contribution is -1.98. The second kappa shape index (κ2) is 14.0. The molecule has 6 rings (SSSR count). The summed E-state index contributed by atoms with van der Waals surface area (Å²) in [6, 6.07) is 14.6. The first-order chi connectivity index (χ1) is 20.7. The topological polar surface area (TPSA) is 0 Å². The fraction of sp³-hybridized carbons (Fsp3) is 0.538. The van der Waals surface area contributed by atoms with Crippen molar-refractivity contribution in [3.63, 3.8) is 0 Å². The first-order valence-electron chi connectivity index (χ1n) is 16.9. The summed E-state index contributed by atoms with van der Waals surface area (Å²) >= 11 is 8.27. The van der Waals surface area contributed by atoms with E-state index in [9.17, 15) is 0 Å². The summed E-state index contributed by atoms with van der Waals surface area (Å²) in [6.07, 6.45) is 14.4. The molecule has 1 aliphatic rings. The van der Waals surface area contributed by atoms with Crippen LogP contribution in [-0.2, 0) is 19.3 Å². The maximum Gasteiger partial charge on any atom is 0.0535 e. The van der Waals surface area contributed by atoms with E-state index in [0.717, 1.165) is 30.1 Å². The lowest BCUT2D eigenvalue weighted by atomic mass is 9.96. The van der Waals surface area contributed by atoms with Crippen molar-refractivity contribution in [2.75, 3.05) is 0 Å². The maximum atomic E-state index is 2.49. The van der Waals surface area contributed by atoms with Gasteiger partial charge in [0.05, 0.1) is 9.40 Å². The molecule has 43 heavy (non-hydrogen) atoms. The van der Waals surface area contributed by atoms with Gasteiger partial charge in [-0.25, -0.2) is 0 Å². The minimum Gasteiger partial charge on any atom is -0.139 e. The molecule has 0 fully saturated rings. The van der Waals surface area contributed by atoms with Crippen LogP contribution in [-0.4, -0.2) is 0 Å². The van der Waals surface area contributed by atoms with Crippen molar-refractivity contribution in [2.45, 2.75) is 122 Å². The van der Waals surface area contributed by atoms with E-state index < -0.39 is 0 Å². The fourth-order valence-electron chi connectivity index (χ4n) is 6.72. The van der Waals surface area contributed by atoms with Crippen molar-refractivity contribution in [3.8, 4) is 0 Å². The van der Waals surface area contributed by atoms with Crippen LogP contribution in [0.5, 0.6) is 0 Å². The summed E-state index contributed by atoms with van der Waals surface area (Å²) in [5.74, 6) is 3.30. The van der Waals surface area contributed by atoms with Crippen LogP contribution in [0.25, 0.3) is 30.3 Å². The molecule has 0 aliphatic carbocycles. The number of aryl methyl sites for hydroxylation is 2. The van der Waals surface area contributed by atoms with Crippen molar-refractivity contribution in [2.24, 2.45) is 23.7 Å². The SMILES string of the molecule is CC(C)CCCC(C)CCc1cc2ccc3c(c2s1)Sc1c(sc2c1ccc1cc(CCC(C)CCCC(C)C)sc12)C3. The molecule has 0 amide bonds. The Labute approximate surface area is 276 Å². The third-order valence-electron chi connectivity index (χ3n) is 9.47. The van der Waals surface area contributed by atoms with Crippen LogP contribution in [0.2, 0.25) is 0 Å². The van der Waals surface area contributed by atoms with Gasteiger partial charge in [0.15, 0.2) is 0 Å². The highest BCUT2D eigenvalue weighted by atomic mass is 32.2. The first kappa shape index (κ1) is 31.6. The van der Waals surface area contributed by atoms with Gasteiger partial charge >= 0.3 is 0 Å². The third-order valence-corrected chi connectivity index (χ3v) is 14.9. The highest BCUT2D eigenvalue weighted by Gasteiger charge is 2.25. The van der Waals surface area contributed by atoms with Crippen LogP contribution in [0, 0.1) is 23.7 Å². The largest absolute Gasteiger partial charge is 0.139 e. The van der Waals surface area contributed by atoms with Crippen molar-refractivity contribution in [1.29, 1.82) is 0 Å². The summed E-state index contributed by atoms with van der Waals surface area (Å²) < 4.78 is 4.57. The van der Waals surface area contributed by atoms with E-state index in [4.69, 9.17) is 0 Å². The predicted octanol–water partition coefficient (Wildman–Crippen LogP) is 14.2. The Hall–Kier alpha value is -1.33. The van der Waals surface area contributed by atoms with Crippen molar-refractivity contribution >= 4 is 76.0 Å². The molecule has 5 aromatic rings. The van der Waals surface area contributed by atoms with Crippen molar-refractivity contribution in [1.82, 2.24) is 0 Å². The smallest absolute Gasteiger partial charge is 0.0535 e. The zero-order valence-corrected chi connectivity index (χ0v) is 30.5. The molecule has 0 nitrogen and oxygen atoms in total. The van der Waals surface area contributed by atoms with Crippen LogP contribution in [0.3, 0.4) is 0 Å². The van der Waals surface area contributed by atoms with E-state index in [0.29, 0.717) is 0 Å². The van der Waals surface area contributed by atoms with E-state index in [1.165, 1.54) is 110 Å². The van der Waals surface area contributed by atoms with Crippen LogP contribution in [0.15, 0.2) is 46.2 Å². The Bertz CT molecular complexity index is 1680. The minimum atomic E-state index is 0.819. The van der Waals surface area contributed by atoms with Gasteiger partial charge in [-0.1, -0.05) is 116 Å². The first-order valence-corrected chi connectivity index (χ1v) is 20.2. The average Bonchev–Trinajstić information content (AvgIpc) is 3.67. The van der Waals surface area contributed by atoms with Crippen LogP contribution >= 0.6 is 45.8 Å². The van der Waals surface area contributed by atoms with Crippen molar-refractivity contribution in [3.05, 3.63) is 56.6 Å². The predicted molar refractivity (Wildman–Crippen MR) is 198 cm³/mol. The van der Waals surface area contributed by atoms with Gasteiger partial charge in [-0.15, -0.1) is 34.0 Å². The van der Waals surface area contributed by atoms with E-state index in [1.807, 2.05) is 0 Å². The zero-order valence-electron chi connectivity index (χ0n) is 27.2. The molecule has 0 bridgehead atoms. The van der Waals surface area contributed by atoms with Gasteiger partial charge in [0, 0.05) is 40.9 Å². The summed E-state index contributed by atoms with van der Waals surface area (Å²) in [7, 11) is 0. The van der Waals surface area contributed by atoms with Crippen LogP contribution in [0.4, 0.5) is 0 Å². The van der Waals surface area contributed by atoms with Gasteiger partial charge in [0.2, 0.25) is 0 Å². The average molecular weight is 647 g/mol. The summed E-state index contributed by atoms with van der Waals surface area (Å²) in [6.45, 7) is 14.3. The molecule has 2 aromatic carbocycles. The molecule has 0 spiro atoms. The summed E-state index contributed by atoms with van der Waals surface area (Å²) in [4.78, 5) is 7.78. The molecule has 0 saturated carbocycles. The molecular weight excluding hydrogens is 597 g/mol. The van der Waals surface area contributed by atoms with E-state index in [-0.39, 0.29) is 0 Å². The summed E-state index contributed by atoms with van der Waals surface area (Å²) in [5, 5.41) is 4.39. The van der Waals surface area contributed by atoms with Gasteiger partial charge in [-0.3, -0.25) is 0 Å². The molecule has 3 aromatic heterocycles. The molecule has 1 aliphatic heterocycles. The molecule has 230 valence electrons. The maximum absolute atomic E-state index is 2.49. The normalized spacial score (nSPS) is 14.8. The Balaban J connectivity index is 1.17. The van der Waals surface area contributed by atoms with Gasteiger partial charge in [0.25, 0.3) is 0 Å².